The fourth-order valence-electron chi connectivity index (χ4n) is 2.91. The first-order chi connectivity index (χ1) is 11.4. The molecule has 0 bridgehead atoms. The van der Waals surface area contributed by atoms with E-state index in [-0.39, 0.29) is 0 Å². The zero-order chi connectivity index (χ0) is 16.8. The molecule has 0 rings (SSSR count). The topological polar surface area (TPSA) is 33.0 Å². The lowest BCUT2D eigenvalue weighted by molar-refractivity contribution is 0.126. The first kappa shape index (κ1) is 22.4. The SMILES string of the molecule is CCCCCCCCCCCCCCCCOCCCCC#N. The highest BCUT2D eigenvalue weighted by Crippen LogP contribution is 2.12. The Morgan fingerprint density at radius 3 is 1.39 bits per heavy atom. The van der Waals surface area contributed by atoms with Gasteiger partial charge in [0, 0.05) is 19.6 Å². The van der Waals surface area contributed by atoms with Gasteiger partial charge in [-0.1, -0.05) is 90.4 Å². The monoisotopic (exact) mass is 323 g/mol. The molecule has 0 amide bonds. The van der Waals surface area contributed by atoms with Gasteiger partial charge < -0.3 is 4.74 Å². The van der Waals surface area contributed by atoms with Crippen LogP contribution >= 0.6 is 0 Å². The summed E-state index contributed by atoms with van der Waals surface area (Å²) in [4.78, 5) is 0. The lowest BCUT2D eigenvalue weighted by Crippen LogP contribution is -1.97. The summed E-state index contributed by atoms with van der Waals surface area (Å²) in [6.45, 7) is 4.02. The van der Waals surface area contributed by atoms with E-state index in [0.29, 0.717) is 6.42 Å². The summed E-state index contributed by atoms with van der Waals surface area (Å²) in [6.07, 6.45) is 22.3. The standard InChI is InChI=1S/C21H41NO/c1-2-3-4-5-6-7-8-9-10-11-12-13-14-17-20-23-21-18-15-16-19-22/h2-18,20-21H2,1H3. The summed E-state index contributed by atoms with van der Waals surface area (Å²) in [5.74, 6) is 0. The highest BCUT2D eigenvalue weighted by Gasteiger charge is 1.94. The molecule has 0 radical (unpaired) electrons. The Kier molecular flexibility index (Phi) is 20.9. The summed E-state index contributed by atoms with van der Waals surface area (Å²) in [7, 11) is 0. The number of nitriles is 1. The molecule has 136 valence electrons. The average Bonchev–Trinajstić information content (AvgIpc) is 2.57. The Balaban J connectivity index is 2.94. The Bertz CT molecular complexity index is 247. The number of hydrogen-bond acceptors (Lipinski definition) is 2. The van der Waals surface area contributed by atoms with Crippen LogP contribution in [0.4, 0.5) is 0 Å². The van der Waals surface area contributed by atoms with Crippen LogP contribution in [0, 0.1) is 11.3 Å². The highest BCUT2D eigenvalue weighted by molar-refractivity contribution is 4.67. The van der Waals surface area contributed by atoms with E-state index in [0.717, 1.165) is 26.1 Å². The van der Waals surface area contributed by atoms with Gasteiger partial charge in [-0.2, -0.15) is 5.26 Å². The van der Waals surface area contributed by atoms with Gasteiger partial charge in [0.1, 0.15) is 0 Å². The van der Waals surface area contributed by atoms with Crippen LogP contribution < -0.4 is 0 Å². The van der Waals surface area contributed by atoms with Crippen molar-refractivity contribution < 1.29 is 4.74 Å². The predicted molar refractivity (Wildman–Crippen MR) is 101 cm³/mol. The van der Waals surface area contributed by atoms with E-state index < -0.39 is 0 Å². The lowest BCUT2D eigenvalue weighted by Gasteiger charge is -2.04. The molecule has 2 nitrogen and oxygen atoms in total. The van der Waals surface area contributed by atoms with Crippen LogP contribution in [0.1, 0.15) is 116 Å². The van der Waals surface area contributed by atoms with Gasteiger partial charge in [0.2, 0.25) is 0 Å². The van der Waals surface area contributed by atoms with Crippen molar-refractivity contribution in [2.45, 2.75) is 116 Å². The van der Waals surface area contributed by atoms with Crippen LogP contribution in [0.3, 0.4) is 0 Å². The van der Waals surface area contributed by atoms with E-state index in [1.54, 1.807) is 0 Å². The molecule has 0 aromatic heterocycles. The fraction of sp³-hybridized carbons (Fsp3) is 0.952. The largest absolute Gasteiger partial charge is 0.381 e. The Morgan fingerprint density at radius 1 is 0.565 bits per heavy atom. The molecule has 2 heteroatoms. The molecule has 0 unspecified atom stereocenters. The molecule has 0 saturated carbocycles. The summed E-state index contributed by atoms with van der Waals surface area (Å²) < 4.78 is 5.58. The molecule has 0 atom stereocenters. The zero-order valence-corrected chi connectivity index (χ0v) is 15.8. The fourth-order valence-corrected chi connectivity index (χ4v) is 2.91. The van der Waals surface area contributed by atoms with Gasteiger partial charge in [0.05, 0.1) is 6.07 Å². The molecule has 23 heavy (non-hydrogen) atoms. The lowest BCUT2D eigenvalue weighted by atomic mass is 10.0. The summed E-state index contributed by atoms with van der Waals surface area (Å²) in [5.41, 5.74) is 0. The number of ether oxygens (including phenoxy) is 1. The smallest absolute Gasteiger partial charge is 0.0621 e. The zero-order valence-electron chi connectivity index (χ0n) is 15.8. The van der Waals surface area contributed by atoms with Crippen LogP contribution in [0.25, 0.3) is 0 Å². The molecular formula is C21H41NO. The molecule has 0 aromatic carbocycles. The molecule has 0 saturated heterocycles. The number of unbranched alkanes of at least 4 members (excludes halogenated alkanes) is 15. The van der Waals surface area contributed by atoms with E-state index in [9.17, 15) is 0 Å². The second-order valence-electron chi connectivity index (χ2n) is 6.82. The van der Waals surface area contributed by atoms with Gasteiger partial charge in [-0.3, -0.25) is 0 Å². The van der Waals surface area contributed by atoms with Crippen molar-refractivity contribution in [3.05, 3.63) is 0 Å². The van der Waals surface area contributed by atoms with Gasteiger partial charge in [-0.05, 0) is 19.3 Å². The maximum Gasteiger partial charge on any atom is 0.0621 e. The Hall–Kier alpha value is -0.550. The maximum absolute atomic E-state index is 8.42. The molecule has 0 aromatic rings. The summed E-state index contributed by atoms with van der Waals surface area (Å²) in [6, 6.07) is 2.17. The molecule has 0 spiro atoms. The second-order valence-corrected chi connectivity index (χ2v) is 6.82. The third-order valence-corrected chi connectivity index (χ3v) is 4.47. The van der Waals surface area contributed by atoms with Gasteiger partial charge in [0.25, 0.3) is 0 Å². The molecule has 0 aliphatic carbocycles. The van der Waals surface area contributed by atoms with Crippen LogP contribution in [0.15, 0.2) is 0 Å². The minimum absolute atomic E-state index is 0.669. The molecule has 0 heterocycles. The molecule has 0 aliphatic heterocycles. The number of rotatable bonds is 19. The Morgan fingerprint density at radius 2 is 0.957 bits per heavy atom. The van der Waals surface area contributed by atoms with Crippen LogP contribution in [-0.2, 0) is 4.74 Å². The van der Waals surface area contributed by atoms with Crippen molar-refractivity contribution in [1.29, 1.82) is 5.26 Å². The van der Waals surface area contributed by atoms with E-state index >= 15 is 0 Å². The average molecular weight is 324 g/mol. The molecular weight excluding hydrogens is 282 g/mol. The molecule has 0 fully saturated rings. The molecule has 0 N–H and O–H groups in total. The second kappa shape index (κ2) is 21.4. The minimum atomic E-state index is 0.669. The van der Waals surface area contributed by atoms with Crippen molar-refractivity contribution in [2.75, 3.05) is 13.2 Å². The van der Waals surface area contributed by atoms with Crippen LogP contribution in [0.2, 0.25) is 0 Å². The van der Waals surface area contributed by atoms with Crippen molar-refractivity contribution in [3.63, 3.8) is 0 Å². The van der Waals surface area contributed by atoms with Crippen LogP contribution in [0.5, 0.6) is 0 Å². The van der Waals surface area contributed by atoms with Crippen molar-refractivity contribution >= 4 is 0 Å². The first-order valence-corrected chi connectivity index (χ1v) is 10.4. The summed E-state index contributed by atoms with van der Waals surface area (Å²) >= 11 is 0. The normalized spacial score (nSPS) is 10.8. The van der Waals surface area contributed by atoms with E-state index in [1.165, 1.54) is 89.9 Å². The van der Waals surface area contributed by atoms with E-state index in [4.69, 9.17) is 10.00 Å². The van der Waals surface area contributed by atoms with Gasteiger partial charge in [-0.15, -0.1) is 0 Å². The first-order valence-electron chi connectivity index (χ1n) is 10.4. The third kappa shape index (κ3) is 21.5. The summed E-state index contributed by atoms with van der Waals surface area (Å²) in [5, 5.41) is 8.42. The van der Waals surface area contributed by atoms with Crippen molar-refractivity contribution in [1.82, 2.24) is 0 Å². The quantitative estimate of drug-likeness (QED) is 0.236. The van der Waals surface area contributed by atoms with Crippen molar-refractivity contribution in [3.8, 4) is 6.07 Å². The maximum atomic E-state index is 8.42. The van der Waals surface area contributed by atoms with E-state index in [2.05, 4.69) is 13.0 Å². The van der Waals surface area contributed by atoms with Crippen molar-refractivity contribution in [2.24, 2.45) is 0 Å². The molecule has 0 aliphatic rings. The number of nitrogens with zero attached hydrogens (tertiary/aromatic N) is 1. The van der Waals surface area contributed by atoms with E-state index in [1.807, 2.05) is 0 Å². The Labute approximate surface area is 146 Å². The van der Waals surface area contributed by atoms with Gasteiger partial charge >= 0.3 is 0 Å². The van der Waals surface area contributed by atoms with Gasteiger partial charge in [0.15, 0.2) is 0 Å². The highest BCUT2D eigenvalue weighted by atomic mass is 16.5. The minimum Gasteiger partial charge on any atom is -0.381 e. The van der Waals surface area contributed by atoms with Gasteiger partial charge in [-0.25, -0.2) is 0 Å². The number of hydrogen-bond donors (Lipinski definition) is 0. The predicted octanol–water partition coefficient (Wildman–Crippen LogP) is 7.18. The van der Waals surface area contributed by atoms with Crippen LogP contribution in [-0.4, -0.2) is 13.2 Å². The third-order valence-electron chi connectivity index (χ3n) is 4.47.